The summed E-state index contributed by atoms with van der Waals surface area (Å²) in [5.41, 5.74) is 2.51. The van der Waals surface area contributed by atoms with E-state index in [1.54, 1.807) is 0 Å². The highest BCUT2D eigenvalue weighted by molar-refractivity contribution is 5.26. The van der Waals surface area contributed by atoms with Crippen LogP contribution >= 0.6 is 0 Å². The van der Waals surface area contributed by atoms with Crippen molar-refractivity contribution < 1.29 is 4.74 Å². The summed E-state index contributed by atoms with van der Waals surface area (Å²) in [7, 11) is 0. The van der Waals surface area contributed by atoms with E-state index in [2.05, 4.69) is 39.1 Å². The van der Waals surface area contributed by atoms with Gasteiger partial charge in [0.1, 0.15) is 0 Å². The molecule has 31 heavy (non-hydrogen) atoms. The molecule has 5 unspecified atom stereocenters. The van der Waals surface area contributed by atoms with Crippen molar-refractivity contribution in [3.8, 4) is 0 Å². The van der Waals surface area contributed by atoms with Gasteiger partial charge in [-0.3, -0.25) is 0 Å². The van der Waals surface area contributed by atoms with E-state index < -0.39 is 0 Å². The highest BCUT2D eigenvalue weighted by Crippen LogP contribution is 2.68. The number of hydrogen-bond donors (Lipinski definition) is 1. The summed E-state index contributed by atoms with van der Waals surface area (Å²) in [6.45, 7) is 15.6. The summed E-state index contributed by atoms with van der Waals surface area (Å²) < 4.78 is 6.99. The molecule has 6 rings (SSSR count). The molecule has 1 spiro atoms. The monoisotopic (exact) mass is 427 g/mol. The lowest BCUT2D eigenvalue weighted by Gasteiger charge is -2.50. The lowest BCUT2D eigenvalue weighted by molar-refractivity contribution is -0.131. The summed E-state index contributed by atoms with van der Waals surface area (Å²) in [6.07, 6.45) is 15.5. The zero-order chi connectivity index (χ0) is 22.0. The lowest BCUT2D eigenvalue weighted by atomic mass is 9.54. The molecule has 2 aliphatic heterocycles. The molecule has 0 aromatic heterocycles. The number of fused-ring (bicyclic) bond motifs is 6. The fourth-order valence-electron chi connectivity index (χ4n) is 10.0. The van der Waals surface area contributed by atoms with Crippen molar-refractivity contribution in [3.63, 3.8) is 0 Å². The van der Waals surface area contributed by atoms with Crippen LogP contribution in [0.1, 0.15) is 99.3 Å². The van der Waals surface area contributed by atoms with Gasteiger partial charge < -0.3 is 10.1 Å². The lowest BCUT2D eigenvalue weighted by Crippen LogP contribution is -2.48. The Bertz CT molecular complexity index is 685. The Balaban J connectivity index is 0.000000994. The van der Waals surface area contributed by atoms with Gasteiger partial charge in [0.05, 0.1) is 11.7 Å². The van der Waals surface area contributed by atoms with E-state index in [1.165, 1.54) is 64.3 Å². The van der Waals surface area contributed by atoms with E-state index in [0.717, 1.165) is 41.4 Å². The van der Waals surface area contributed by atoms with Gasteiger partial charge in [0.15, 0.2) is 0 Å². The normalized spacial score (nSPS) is 55.3. The molecule has 2 saturated heterocycles. The Labute approximate surface area is 192 Å². The highest BCUT2D eigenvalue weighted by Gasteiger charge is 2.64. The van der Waals surface area contributed by atoms with Gasteiger partial charge in [0, 0.05) is 6.04 Å². The zero-order valence-corrected chi connectivity index (χ0v) is 21.3. The second-order valence-electron chi connectivity index (χ2n) is 12.5. The van der Waals surface area contributed by atoms with Crippen LogP contribution < -0.4 is 5.32 Å². The average molecular weight is 428 g/mol. The number of allylic oxidation sites excluding steroid dienone is 2. The molecule has 3 saturated carbocycles. The Morgan fingerprint density at radius 1 is 1.03 bits per heavy atom. The van der Waals surface area contributed by atoms with Crippen LogP contribution in [0.25, 0.3) is 0 Å². The average Bonchev–Trinajstić information content (AvgIpc) is 3.29. The van der Waals surface area contributed by atoms with Gasteiger partial charge in [-0.2, -0.15) is 0 Å². The Morgan fingerprint density at radius 2 is 1.84 bits per heavy atom. The summed E-state index contributed by atoms with van der Waals surface area (Å²) in [6, 6.07) is 0.632. The van der Waals surface area contributed by atoms with Crippen molar-refractivity contribution in [2.24, 2.45) is 46.8 Å². The van der Waals surface area contributed by atoms with Crippen LogP contribution in [0.2, 0.25) is 0 Å². The number of hydrogen-bond acceptors (Lipinski definition) is 2. The van der Waals surface area contributed by atoms with Gasteiger partial charge in [-0.1, -0.05) is 53.2 Å². The largest absolute Gasteiger partial charge is 0.370 e. The number of nitrogens with one attached hydrogen (secondary N) is 1. The third kappa shape index (κ3) is 3.24. The molecule has 2 heterocycles. The fourth-order valence-corrected chi connectivity index (χ4v) is 10.0. The maximum atomic E-state index is 6.99. The fraction of sp³-hybridized carbons (Fsp3) is 0.931. The first-order valence-electron chi connectivity index (χ1n) is 14.0. The summed E-state index contributed by atoms with van der Waals surface area (Å²) in [5, 5.41) is 3.81. The molecule has 5 fully saturated rings. The molecular weight excluding hydrogens is 378 g/mol. The molecule has 2 nitrogen and oxygen atoms in total. The predicted molar refractivity (Wildman–Crippen MR) is 130 cm³/mol. The Hall–Kier alpha value is -0.340. The molecule has 11 atom stereocenters. The smallest absolute Gasteiger partial charge is 0.0737 e. The predicted octanol–water partition coefficient (Wildman–Crippen LogP) is 6.99. The Kier molecular flexibility index (Phi) is 5.91. The van der Waals surface area contributed by atoms with E-state index in [1.807, 2.05) is 19.4 Å². The zero-order valence-electron chi connectivity index (χ0n) is 21.3. The van der Waals surface area contributed by atoms with Gasteiger partial charge in [-0.05, 0) is 111 Å². The molecule has 2 heteroatoms. The van der Waals surface area contributed by atoms with Crippen LogP contribution in [0.5, 0.6) is 0 Å². The van der Waals surface area contributed by atoms with Gasteiger partial charge in [-0.25, -0.2) is 0 Å². The minimum absolute atomic E-state index is 0.174. The highest BCUT2D eigenvalue weighted by atomic mass is 16.5. The van der Waals surface area contributed by atoms with Gasteiger partial charge in [0.25, 0.3) is 0 Å². The number of piperidine rings is 1. The van der Waals surface area contributed by atoms with Crippen LogP contribution in [0.4, 0.5) is 0 Å². The van der Waals surface area contributed by atoms with Crippen LogP contribution in [0.3, 0.4) is 0 Å². The molecule has 1 N–H and O–H groups in total. The van der Waals surface area contributed by atoms with Gasteiger partial charge in [-0.15, -0.1) is 0 Å². The molecule has 176 valence electrons. The van der Waals surface area contributed by atoms with E-state index in [-0.39, 0.29) is 5.60 Å². The molecular formula is C29H49NO. The minimum Gasteiger partial charge on any atom is -0.370 e. The third-order valence-corrected chi connectivity index (χ3v) is 11.3. The van der Waals surface area contributed by atoms with E-state index in [4.69, 9.17) is 4.74 Å². The third-order valence-electron chi connectivity index (χ3n) is 11.3. The molecule has 0 amide bonds. The van der Waals surface area contributed by atoms with Crippen molar-refractivity contribution >= 4 is 0 Å². The quantitative estimate of drug-likeness (QED) is 0.420. The van der Waals surface area contributed by atoms with Crippen molar-refractivity contribution in [2.45, 2.75) is 117 Å². The summed E-state index contributed by atoms with van der Waals surface area (Å²) in [4.78, 5) is 0. The van der Waals surface area contributed by atoms with Crippen LogP contribution in [-0.2, 0) is 4.74 Å². The van der Waals surface area contributed by atoms with Crippen LogP contribution in [0, 0.1) is 46.8 Å². The number of rotatable bonds is 0. The van der Waals surface area contributed by atoms with Crippen LogP contribution in [-0.4, -0.2) is 24.3 Å². The van der Waals surface area contributed by atoms with Gasteiger partial charge >= 0.3 is 0 Å². The van der Waals surface area contributed by atoms with Crippen molar-refractivity contribution in [3.05, 3.63) is 11.6 Å². The van der Waals surface area contributed by atoms with Crippen molar-refractivity contribution in [1.29, 1.82) is 0 Å². The summed E-state index contributed by atoms with van der Waals surface area (Å²) >= 11 is 0. The topological polar surface area (TPSA) is 21.3 Å². The first kappa shape index (κ1) is 22.5. The van der Waals surface area contributed by atoms with E-state index >= 15 is 0 Å². The van der Waals surface area contributed by atoms with E-state index in [9.17, 15) is 0 Å². The maximum Gasteiger partial charge on any atom is 0.0737 e. The second kappa shape index (κ2) is 8.15. The molecule has 0 bridgehead atoms. The first-order chi connectivity index (χ1) is 14.9. The SMILES string of the molecule is CC.CC1C2C(CC[C@@]3(C[C@@H]4NCCC[C@H]4O3)[C@@H]2C)C2CC=C3C[C@@H](C)CC[C@]3(C)C12. The van der Waals surface area contributed by atoms with Crippen LogP contribution in [0.15, 0.2) is 11.6 Å². The molecule has 4 aliphatic carbocycles. The number of ether oxygens (including phenoxy) is 1. The first-order valence-corrected chi connectivity index (χ1v) is 14.0. The molecule has 6 aliphatic rings. The maximum absolute atomic E-state index is 6.99. The second-order valence-corrected chi connectivity index (χ2v) is 12.5. The molecule has 0 aromatic rings. The van der Waals surface area contributed by atoms with Crippen molar-refractivity contribution in [1.82, 2.24) is 5.32 Å². The summed E-state index contributed by atoms with van der Waals surface area (Å²) in [5.74, 6) is 6.17. The molecule has 0 radical (unpaired) electrons. The van der Waals surface area contributed by atoms with E-state index in [0.29, 0.717) is 17.6 Å². The molecule has 0 aromatic carbocycles. The standard InChI is InChI=1S/C27H43NO.C2H6/c1-16-9-11-26(4)19(14-16)7-8-21-20-10-12-27(18(3)24(20)17(2)25(21)26)15-22-23(29-27)6-5-13-28-22;1-2/h7,16-18,20-25,28H,5-6,8-15H2,1-4H3;1-2H3/t16-,17?,18+,20?,21?,22-,23+,24?,25?,26-,27+;/m0./s1. The minimum atomic E-state index is 0.174. The van der Waals surface area contributed by atoms with Gasteiger partial charge in [0.2, 0.25) is 0 Å². The Morgan fingerprint density at radius 3 is 2.61 bits per heavy atom. The van der Waals surface area contributed by atoms with Crippen molar-refractivity contribution in [2.75, 3.05) is 6.54 Å².